The van der Waals surface area contributed by atoms with Crippen LogP contribution in [-0.4, -0.2) is 0 Å². The lowest BCUT2D eigenvalue weighted by atomic mass is 10.1. The Morgan fingerprint density at radius 1 is 1.08 bits per heavy atom. The molecule has 0 N–H and O–H groups in total. The minimum atomic E-state index is 0.789. The van der Waals surface area contributed by atoms with Gasteiger partial charge in [-0.3, -0.25) is 0 Å². The molecule has 0 fully saturated rings. The number of terminal acetylenes is 1. The molecule has 0 aromatic heterocycles. The largest absolute Gasteiger partial charge is 0.120 e. The summed E-state index contributed by atoms with van der Waals surface area (Å²) < 4.78 is 0. The molecule has 0 nitrogen and oxygen atoms in total. The summed E-state index contributed by atoms with van der Waals surface area (Å²) in [4.78, 5) is 0. The van der Waals surface area contributed by atoms with Crippen molar-refractivity contribution in [2.75, 3.05) is 0 Å². The molecule has 0 heteroatoms. The summed E-state index contributed by atoms with van der Waals surface area (Å²) in [5.41, 5.74) is 0. The number of rotatable bonds is 4. The molecule has 0 unspecified atom stereocenters. The fraction of sp³-hybridized carbons (Fsp3) is 0.667. The third kappa shape index (κ3) is 9.12. The molecule has 0 amide bonds. The van der Waals surface area contributed by atoms with Crippen LogP contribution < -0.4 is 0 Å². The van der Waals surface area contributed by atoms with E-state index in [4.69, 9.17) is 6.42 Å². The first-order chi connectivity index (χ1) is 5.77. The van der Waals surface area contributed by atoms with Gasteiger partial charge in [0.25, 0.3) is 0 Å². The summed E-state index contributed by atoms with van der Waals surface area (Å²) >= 11 is 0. The monoisotopic (exact) mass is 162 g/mol. The van der Waals surface area contributed by atoms with E-state index in [0.717, 1.165) is 25.2 Å². The predicted molar refractivity (Wildman–Crippen MR) is 54.5 cm³/mol. The van der Waals surface area contributed by atoms with Crippen LogP contribution in [-0.2, 0) is 0 Å². The molecular weight excluding hydrogens is 144 g/mol. The normalized spacial score (nSPS) is 8.83. The van der Waals surface area contributed by atoms with E-state index in [2.05, 4.69) is 31.6 Å². The summed E-state index contributed by atoms with van der Waals surface area (Å²) in [5, 5.41) is 0. The Labute approximate surface area is 76.8 Å². The van der Waals surface area contributed by atoms with E-state index in [0.29, 0.717) is 0 Å². The lowest BCUT2D eigenvalue weighted by Crippen LogP contribution is -1.85. The maximum absolute atomic E-state index is 5.09. The SMILES string of the molecule is C#CCCC#CCCCC(C)C. The molecule has 0 spiro atoms. The molecule has 0 aliphatic rings. The lowest BCUT2D eigenvalue weighted by molar-refractivity contribution is 0.562. The van der Waals surface area contributed by atoms with Crippen molar-refractivity contribution < 1.29 is 0 Å². The van der Waals surface area contributed by atoms with Gasteiger partial charge in [0.1, 0.15) is 0 Å². The van der Waals surface area contributed by atoms with Gasteiger partial charge in [0.2, 0.25) is 0 Å². The number of hydrogen-bond acceptors (Lipinski definition) is 0. The highest BCUT2D eigenvalue weighted by Gasteiger charge is 1.90. The minimum Gasteiger partial charge on any atom is -0.120 e. The van der Waals surface area contributed by atoms with Crippen LogP contribution in [0.5, 0.6) is 0 Å². The van der Waals surface area contributed by atoms with Crippen molar-refractivity contribution in [1.29, 1.82) is 0 Å². The van der Waals surface area contributed by atoms with Gasteiger partial charge in [-0.1, -0.05) is 20.3 Å². The fourth-order valence-electron chi connectivity index (χ4n) is 0.910. The first-order valence-corrected chi connectivity index (χ1v) is 4.66. The standard InChI is InChI=1S/C12H18/c1-4-5-6-7-8-9-10-11-12(2)3/h1,12H,5-6,9-11H2,2-3H3. The van der Waals surface area contributed by atoms with E-state index in [1.165, 1.54) is 12.8 Å². The van der Waals surface area contributed by atoms with Crippen LogP contribution in [0, 0.1) is 30.1 Å². The second kappa shape index (κ2) is 8.22. The average molecular weight is 162 g/mol. The third-order valence-corrected chi connectivity index (χ3v) is 1.60. The van der Waals surface area contributed by atoms with Crippen molar-refractivity contribution in [3.8, 4) is 24.2 Å². The lowest BCUT2D eigenvalue weighted by Gasteiger charge is -1.99. The van der Waals surface area contributed by atoms with Crippen molar-refractivity contribution in [2.45, 2.75) is 46.0 Å². The maximum Gasteiger partial charge on any atom is 0.0198 e. The Bertz CT molecular complexity index is 182. The van der Waals surface area contributed by atoms with E-state index >= 15 is 0 Å². The summed E-state index contributed by atoms with van der Waals surface area (Å²) in [6.45, 7) is 4.48. The summed E-state index contributed by atoms with van der Waals surface area (Å²) in [5.74, 6) is 9.58. The highest BCUT2D eigenvalue weighted by Crippen LogP contribution is 2.04. The Hall–Kier alpha value is -0.880. The smallest absolute Gasteiger partial charge is 0.0198 e. The van der Waals surface area contributed by atoms with Gasteiger partial charge in [0.15, 0.2) is 0 Å². The van der Waals surface area contributed by atoms with Gasteiger partial charge in [-0.15, -0.1) is 24.2 Å². The minimum absolute atomic E-state index is 0.789. The highest BCUT2D eigenvalue weighted by atomic mass is 14.0. The van der Waals surface area contributed by atoms with Crippen molar-refractivity contribution in [2.24, 2.45) is 5.92 Å². The molecule has 0 aromatic carbocycles. The first kappa shape index (κ1) is 11.1. The molecule has 0 saturated carbocycles. The number of hydrogen-bond donors (Lipinski definition) is 0. The number of unbranched alkanes of at least 4 members (excludes halogenated alkanes) is 2. The molecular formula is C12H18. The van der Waals surface area contributed by atoms with Crippen molar-refractivity contribution in [1.82, 2.24) is 0 Å². The Kier molecular flexibility index (Phi) is 7.62. The van der Waals surface area contributed by atoms with E-state index in [1.54, 1.807) is 0 Å². The van der Waals surface area contributed by atoms with Crippen molar-refractivity contribution >= 4 is 0 Å². The molecule has 0 heterocycles. The molecule has 0 rings (SSSR count). The second-order valence-electron chi connectivity index (χ2n) is 3.34. The van der Waals surface area contributed by atoms with Crippen molar-refractivity contribution in [3.63, 3.8) is 0 Å². The van der Waals surface area contributed by atoms with Crippen molar-refractivity contribution in [3.05, 3.63) is 0 Å². The van der Waals surface area contributed by atoms with Crippen LogP contribution in [0.3, 0.4) is 0 Å². The van der Waals surface area contributed by atoms with Gasteiger partial charge in [-0.05, 0) is 12.3 Å². The van der Waals surface area contributed by atoms with E-state index in [1.807, 2.05) is 0 Å². The molecule has 0 bridgehead atoms. The van der Waals surface area contributed by atoms with Crippen LogP contribution in [0.15, 0.2) is 0 Å². The summed E-state index contributed by atoms with van der Waals surface area (Å²) in [6, 6.07) is 0. The van der Waals surface area contributed by atoms with Gasteiger partial charge in [-0.25, -0.2) is 0 Å². The molecule has 0 aliphatic carbocycles. The zero-order valence-corrected chi connectivity index (χ0v) is 8.19. The molecule has 0 atom stereocenters. The van der Waals surface area contributed by atoms with Gasteiger partial charge in [-0.2, -0.15) is 0 Å². The zero-order chi connectivity index (χ0) is 9.23. The molecule has 0 radical (unpaired) electrons. The molecule has 66 valence electrons. The maximum atomic E-state index is 5.09. The highest BCUT2D eigenvalue weighted by molar-refractivity contribution is 5.01. The van der Waals surface area contributed by atoms with E-state index < -0.39 is 0 Å². The second-order valence-corrected chi connectivity index (χ2v) is 3.34. The van der Waals surface area contributed by atoms with Gasteiger partial charge in [0.05, 0.1) is 0 Å². The quantitative estimate of drug-likeness (QED) is 0.440. The Morgan fingerprint density at radius 3 is 2.33 bits per heavy atom. The third-order valence-electron chi connectivity index (χ3n) is 1.60. The van der Waals surface area contributed by atoms with Gasteiger partial charge in [0, 0.05) is 19.3 Å². The summed E-state index contributed by atoms with van der Waals surface area (Å²) in [6.07, 6.45) is 10.3. The first-order valence-electron chi connectivity index (χ1n) is 4.66. The molecule has 0 aromatic rings. The predicted octanol–water partition coefficient (Wildman–Crippen LogP) is 3.23. The average Bonchev–Trinajstić information content (AvgIpc) is 2.02. The fourth-order valence-corrected chi connectivity index (χ4v) is 0.910. The molecule has 0 aliphatic heterocycles. The van der Waals surface area contributed by atoms with Crippen LogP contribution in [0.2, 0.25) is 0 Å². The Morgan fingerprint density at radius 2 is 1.75 bits per heavy atom. The molecule has 0 saturated heterocycles. The van der Waals surface area contributed by atoms with E-state index in [-0.39, 0.29) is 0 Å². The zero-order valence-electron chi connectivity index (χ0n) is 8.19. The van der Waals surface area contributed by atoms with Gasteiger partial charge >= 0.3 is 0 Å². The Balaban J connectivity index is 3.17. The van der Waals surface area contributed by atoms with E-state index in [9.17, 15) is 0 Å². The van der Waals surface area contributed by atoms with Gasteiger partial charge < -0.3 is 0 Å². The summed E-state index contributed by atoms with van der Waals surface area (Å²) in [7, 11) is 0. The molecule has 12 heavy (non-hydrogen) atoms. The van der Waals surface area contributed by atoms with Crippen LogP contribution in [0.4, 0.5) is 0 Å². The topological polar surface area (TPSA) is 0 Å². The van der Waals surface area contributed by atoms with Crippen LogP contribution >= 0.6 is 0 Å². The van der Waals surface area contributed by atoms with Crippen LogP contribution in [0.25, 0.3) is 0 Å². The van der Waals surface area contributed by atoms with Crippen LogP contribution in [0.1, 0.15) is 46.0 Å².